The molecule has 0 spiro atoms. The van der Waals surface area contributed by atoms with E-state index in [0.717, 1.165) is 11.0 Å². The van der Waals surface area contributed by atoms with Crippen LogP contribution in [-0.2, 0) is 16.0 Å². The van der Waals surface area contributed by atoms with Crippen molar-refractivity contribution in [1.29, 1.82) is 0 Å². The normalized spacial score (nSPS) is 20.9. The number of rotatable bonds is 4. The molecule has 0 radical (unpaired) electrons. The predicted octanol–water partition coefficient (Wildman–Crippen LogP) is 2.00. The number of carboxylic acids is 1. The Kier molecular flexibility index (Phi) is 4.50. The highest BCUT2D eigenvalue weighted by molar-refractivity contribution is 5.82. The molecule has 0 aromatic heterocycles. The summed E-state index contributed by atoms with van der Waals surface area (Å²) in [6.07, 6.45) is -6.03. The lowest BCUT2D eigenvalue weighted by molar-refractivity contribution is -0.384. The Hall–Kier alpha value is -2.65. The summed E-state index contributed by atoms with van der Waals surface area (Å²) in [5.41, 5.74) is -2.93. The Labute approximate surface area is 133 Å². The van der Waals surface area contributed by atoms with Crippen molar-refractivity contribution >= 4 is 17.6 Å². The third kappa shape index (κ3) is 3.17. The molecule has 1 heterocycles. The summed E-state index contributed by atoms with van der Waals surface area (Å²) >= 11 is 0. The minimum Gasteiger partial charge on any atom is -0.481 e. The summed E-state index contributed by atoms with van der Waals surface area (Å²) < 4.78 is 39.2. The van der Waals surface area contributed by atoms with E-state index < -0.39 is 41.4 Å². The number of likely N-dealkylation sites (tertiary alicyclic amines) is 1. The minimum absolute atomic E-state index is 0.239. The summed E-state index contributed by atoms with van der Waals surface area (Å²) in [5, 5.41) is 19.6. The van der Waals surface area contributed by atoms with Gasteiger partial charge in [-0.15, -0.1) is 0 Å². The van der Waals surface area contributed by atoms with Gasteiger partial charge in [-0.1, -0.05) is 12.1 Å². The third-order valence-corrected chi connectivity index (χ3v) is 4.05. The molecule has 1 aliphatic rings. The first kappa shape index (κ1) is 17.7. The number of benzene rings is 1. The summed E-state index contributed by atoms with van der Waals surface area (Å²) in [6, 6.07) is 5.18. The van der Waals surface area contributed by atoms with Crippen LogP contribution in [-0.4, -0.2) is 46.1 Å². The van der Waals surface area contributed by atoms with Gasteiger partial charge in [0.1, 0.15) is 0 Å². The van der Waals surface area contributed by atoms with Gasteiger partial charge in [-0.05, 0) is 12.0 Å². The molecule has 0 aliphatic carbocycles. The second-order valence-electron chi connectivity index (χ2n) is 5.55. The SMILES string of the molecule is O=C(Cc1cccc([N+](=O)[O-])c1)N1CCC(C(=O)O)(C(F)(F)F)C1. The van der Waals surface area contributed by atoms with E-state index in [4.69, 9.17) is 5.11 Å². The van der Waals surface area contributed by atoms with Gasteiger partial charge in [0.05, 0.1) is 11.3 Å². The largest absolute Gasteiger partial charge is 0.481 e. The van der Waals surface area contributed by atoms with E-state index in [1.165, 1.54) is 18.2 Å². The number of hydrogen-bond acceptors (Lipinski definition) is 4. The highest BCUT2D eigenvalue weighted by Gasteiger charge is 2.64. The Balaban J connectivity index is 2.14. The van der Waals surface area contributed by atoms with Crippen LogP contribution in [0.25, 0.3) is 0 Å². The number of nitro benzene ring substituents is 1. The number of carboxylic acid groups (broad SMARTS) is 1. The van der Waals surface area contributed by atoms with Crippen molar-refractivity contribution in [3.63, 3.8) is 0 Å². The number of nitrogens with zero attached hydrogens (tertiary/aromatic N) is 2. The first-order valence-corrected chi connectivity index (χ1v) is 6.88. The van der Waals surface area contributed by atoms with Gasteiger partial charge in [-0.2, -0.15) is 13.2 Å². The van der Waals surface area contributed by atoms with Crippen molar-refractivity contribution in [2.75, 3.05) is 13.1 Å². The Morgan fingerprint density at radius 2 is 2.04 bits per heavy atom. The Morgan fingerprint density at radius 1 is 1.38 bits per heavy atom. The molecule has 7 nitrogen and oxygen atoms in total. The van der Waals surface area contributed by atoms with E-state index in [2.05, 4.69) is 0 Å². The highest BCUT2D eigenvalue weighted by Crippen LogP contribution is 2.45. The van der Waals surface area contributed by atoms with Crippen LogP contribution in [0.4, 0.5) is 18.9 Å². The van der Waals surface area contributed by atoms with Crippen LogP contribution in [0.15, 0.2) is 24.3 Å². The molecular formula is C14H13F3N2O5. The molecule has 1 unspecified atom stereocenters. The smallest absolute Gasteiger partial charge is 0.406 e. The van der Waals surface area contributed by atoms with Gasteiger partial charge < -0.3 is 10.0 Å². The zero-order chi connectivity index (χ0) is 18.1. The topological polar surface area (TPSA) is 101 Å². The molecule has 0 saturated carbocycles. The average molecular weight is 346 g/mol. The minimum atomic E-state index is -4.97. The van der Waals surface area contributed by atoms with E-state index in [9.17, 15) is 32.9 Å². The number of carbonyl (C=O) groups excluding carboxylic acids is 1. The van der Waals surface area contributed by atoms with Crippen LogP contribution in [0.2, 0.25) is 0 Å². The third-order valence-electron chi connectivity index (χ3n) is 4.05. The van der Waals surface area contributed by atoms with Crippen molar-refractivity contribution in [1.82, 2.24) is 4.90 Å². The molecule has 1 N–H and O–H groups in total. The monoisotopic (exact) mass is 346 g/mol. The standard InChI is InChI=1S/C14H13F3N2O5/c15-14(16,17)13(12(21)22)4-5-18(8-13)11(20)7-9-2-1-3-10(6-9)19(23)24/h1-3,6H,4-5,7-8H2,(H,21,22). The van der Waals surface area contributed by atoms with E-state index in [1.807, 2.05) is 0 Å². The van der Waals surface area contributed by atoms with Crippen LogP contribution >= 0.6 is 0 Å². The fourth-order valence-corrected chi connectivity index (χ4v) is 2.62. The van der Waals surface area contributed by atoms with Crippen LogP contribution in [0, 0.1) is 15.5 Å². The second-order valence-corrected chi connectivity index (χ2v) is 5.55. The van der Waals surface area contributed by atoms with Crippen LogP contribution in [0.1, 0.15) is 12.0 Å². The first-order valence-electron chi connectivity index (χ1n) is 6.88. The van der Waals surface area contributed by atoms with Gasteiger partial charge >= 0.3 is 12.1 Å². The number of carbonyl (C=O) groups is 2. The average Bonchev–Trinajstić information content (AvgIpc) is 2.94. The molecule has 1 saturated heterocycles. The molecule has 1 fully saturated rings. The molecule has 1 atom stereocenters. The van der Waals surface area contributed by atoms with Crippen molar-refractivity contribution in [2.24, 2.45) is 5.41 Å². The van der Waals surface area contributed by atoms with Gasteiger partial charge in [-0.3, -0.25) is 19.7 Å². The maximum atomic E-state index is 13.1. The molecule has 10 heteroatoms. The van der Waals surface area contributed by atoms with E-state index in [-0.39, 0.29) is 24.2 Å². The molecule has 0 bridgehead atoms. The van der Waals surface area contributed by atoms with Crippen molar-refractivity contribution < 1.29 is 32.8 Å². The van der Waals surface area contributed by atoms with E-state index in [0.29, 0.717) is 0 Å². The summed E-state index contributed by atoms with van der Waals surface area (Å²) in [6.45, 7) is -1.29. The Bertz CT molecular complexity index is 691. The molecule has 1 aromatic carbocycles. The van der Waals surface area contributed by atoms with Gasteiger partial charge in [0.25, 0.3) is 5.69 Å². The van der Waals surface area contributed by atoms with E-state index >= 15 is 0 Å². The molecule has 1 aromatic rings. The number of alkyl halides is 3. The zero-order valence-corrected chi connectivity index (χ0v) is 12.2. The molecule has 1 aliphatic heterocycles. The Morgan fingerprint density at radius 3 is 2.54 bits per heavy atom. The number of hydrogen-bond donors (Lipinski definition) is 1. The lowest BCUT2D eigenvalue weighted by Gasteiger charge is -2.27. The van der Waals surface area contributed by atoms with Crippen molar-refractivity contribution in [2.45, 2.75) is 19.0 Å². The van der Waals surface area contributed by atoms with Crippen LogP contribution in [0.5, 0.6) is 0 Å². The lowest BCUT2D eigenvalue weighted by atomic mass is 9.86. The molecular weight excluding hydrogens is 333 g/mol. The summed E-state index contributed by atoms with van der Waals surface area (Å²) in [4.78, 5) is 34.1. The maximum Gasteiger partial charge on any atom is 0.406 e. The molecule has 24 heavy (non-hydrogen) atoms. The highest BCUT2D eigenvalue weighted by atomic mass is 19.4. The fourth-order valence-electron chi connectivity index (χ4n) is 2.62. The maximum absolute atomic E-state index is 13.1. The van der Waals surface area contributed by atoms with Gasteiger partial charge in [-0.25, -0.2) is 0 Å². The van der Waals surface area contributed by atoms with Gasteiger partial charge in [0.2, 0.25) is 5.91 Å². The zero-order valence-electron chi connectivity index (χ0n) is 12.2. The first-order chi connectivity index (χ1) is 11.1. The fraction of sp³-hybridized carbons (Fsp3) is 0.429. The molecule has 2 rings (SSSR count). The summed E-state index contributed by atoms with van der Waals surface area (Å²) in [5.74, 6) is -2.72. The number of amides is 1. The lowest BCUT2D eigenvalue weighted by Crippen LogP contribution is -2.47. The van der Waals surface area contributed by atoms with Gasteiger partial charge in [0.15, 0.2) is 5.41 Å². The van der Waals surface area contributed by atoms with Gasteiger partial charge in [0, 0.05) is 25.2 Å². The van der Waals surface area contributed by atoms with Crippen molar-refractivity contribution in [3.8, 4) is 0 Å². The van der Waals surface area contributed by atoms with Crippen LogP contribution < -0.4 is 0 Å². The number of halogens is 3. The summed E-state index contributed by atoms with van der Waals surface area (Å²) in [7, 11) is 0. The van der Waals surface area contributed by atoms with Crippen molar-refractivity contribution in [3.05, 3.63) is 39.9 Å². The number of nitro groups is 1. The number of non-ortho nitro benzene ring substituents is 1. The number of aliphatic carboxylic acids is 1. The van der Waals surface area contributed by atoms with E-state index in [1.54, 1.807) is 0 Å². The second kappa shape index (κ2) is 6.10. The molecule has 130 valence electrons. The quantitative estimate of drug-likeness (QED) is 0.664. The van der Waals surface area contributed by atoms with Crippen LogP contribution in [0.3, 0.4) is 0 Å². The molecule has 1 amide bonds. The predicted molar refractivity (Wildman–Crippen MR) is 74.1 cm³/mol.